The van der Waals surface area contributed by atoms with Gasteiger partial charge in [0.05, 0.1) is 6.10 Å². The molecule has 0 aromatic rings. The summed E-state index contributed by atoms with van der Waals surface area (Å²) in [4.78, 5) is 4.35. The Labute approximate surface area is 96.1 Å². The molecule has 3 atom stereocenters. The molecule has 2 rings (SSSR count). The lowest BCUT2D eigenvalue weighted by molar-refractivity contribution is 0.0647. The maximum atomic E-state index is 9.91. The standard InChI is InChI=1S/C12H20N2O2/c15-6-4-10-2-1-9(7-14-10)11-3-5-13-8-12(11)16/h2,7,9,11-13,15-16H,1,3-6,8H2. The number of aliphatic hydroxyl groups excluding tert-OH is 2. The summed E-state index contributed by atoms with van der Waals surface area (Å²) in [7, 11) is 0. The highest BCUT2D eigenvalue weighted by Gasteiger charge is 2.29. The van der Waals surface area contributed by atoms with Gasteiger partial charge in [0.2, 0.25) is 0 Å². The monoisotopic (exact) mass is 224 g/mol. The van der Waals surface area contributed by atoms with Crippen LogP contribution in [0.25, 0.3) is 0 Å². The maximum Gasteiger partial charge on any atom is 0.0699 e. The van der Waals surface area contributed by atoms with Gasteiger partial charge in [0.15, 0.2) is 0 Å². The molecule has 4 nitrogen and oxygen atoms in total. The number of hydrogen-bond acceptors (Lipinski definition) is 4. The first-order valence-electron chi connectivity index (χ1n) is 6.04. The number of piperidine rings is 1. The number of aliphatic imine (C=N–C) groups is 1. The SMILES string of the molecule is OCCC1=CCC(C2CCNCC2O)C=N1. The van der Waals surface area contributed by atoms with Crippen LogP contribution < -0.4 is 5.32 Å². The molecule has 0 amide bonds. The van der Waals surface area contributed by atoms with Crippen molar-refractivity contribution in [1.82, 2.24) is 5.32 Å². The number of aliphatic hydroxyl groups is 2. The third-order valence-electron chi connectivity index (χ3n) is 3.48. The van der Waals surface area contributed by atoms with Crippen LogP contribution >= 0.6 is 0 Å². The summed E-state index contributed by atoms with van der Waals surface area (Å²) in [6, 6.07) is 0. The Morgan fingerprint density at radius 3 is 3.00 bits per heavy atom. The van der Waals surface area contributed by atoms with Gasteiger partial charge in [0.1, 0.15) is 0 Å². The van der Waals surface area contributed by atoms with E-state index in [-0.39, 0.29) is 12.7 Å². The van der Waals surface area contributed by atoms with E-state index in [2.05, 4.69) is 16.4 Å². The number of nitrogens with zero attached hydrogens (tertiary/aromatic N) is 1. The van der Waals surface area contributed by atoms with Crippen LogP contribution in [0.1, 0.15) is 19.3 Å². The topological polar surface area (TPSA) is 64.8 Å². The molecule has 3 N–H and O–H groups in total. The molecule has 0 aromatic heterocycles. The zero-order valence-electron chi connectivity index (χ0n) is 9.47. The number of rotatable bonds is 3. The van der Waals surface area contributed by atoms with Gasteiger partial charge in [-0.05, 0) is 25.3 Å². The van der Waals surface area contributed by atoms with Crippen molar-refractivity contribution in [3.63, 3.8) is 0 Å². The van der Waals surface area contributed by atoms with E-state index in [1.165, 1.54) is 0 Å². The van der Waals surface area contributed by atoms with E-state index >= 15 is 0 Å². The Balaban J connectivity index is 1.91. The molecular formula is C12H20N2O2. The molecule has 90 valence electrons. The largest absolute Gasteiger partial charge is 0.396 e. The Hall–Kier alpha value is -0.710. The predicted octanol–water partition coefficient (Wildman–Crippen LogP) is 0.314. The van der Waals surface area contributed by atoms with Gasteiger partial charge >= 0.3 is 0 Å². The summed E-state index contributed by atoms with van der Waals surface area (Å²) in [5, 5.41) is 21.9. The van der Waals surface area contributed by atoms with Gasteiger partial charge in [-0.25, -0.2) is 0 Å². The number of nitrogens with one attached hydrogen (secondary N) is 1. The van der Waals surface area contributed by atoms with Crippen molar-refractivity contribution in [3.05, 3.63) is 11.8 Å². The van der Waals surface area contributed by atoms with Crippen LogP contribution in [-0.4, -0.2) is 42.2 Å². The lowest BCUT2D eigenvalue weighted by atomic mass is 9.80. The highest BCUT2D eigenvalue weighted by atomic mass is 16.3. The van der Waals surface area contributed by atoms with Gasteiger partial charge in [-0.2, -0.15) is 0 Å². The van der Waals surface area contributed by atoms with Crippen molar-refractivity contribution in [1.29, 1.82) is 0 Å². The van der Waals surface area contributed by atoms with E-state index in [4.69, 9.17) is 5.11 Å². The van der Waals surface area contributed by atoms with E-state index in [1.54, 1.807) is 0 Å². The average molecular weight is 224 g/mol. The Bertz CT molecular complexity index is 289. The van der Waals surface area contributed by atoms with Crippen molar-refractivity contribution in [2.24, 2.45) is 16.8 Å². The Morgan fingerprint density at radius 2 is 2.38 bits per heavy atom. The van der Waals surface area contributed by atoms with Crippen molar-refractivity contribution in [2.75, 3.05) is 19.7 Å². The molecule has 1 saturated heterocycles. The lowest BCUT2D eigenvalue weighted by Crippen LogP contribution is -2.44. The summed E-state index contributed by atoms with van der Waals surface area (Å²) in [6.07, 6.45) is 6.40. The van der Waals surface area contributed by atoms with Gasteiger partial charge in [0.25, 0.3) is 0 Å². The minimum absolute atomic E-state index is 0.157. The highest BCUT2D eigenvalue weighted by molar-refractivity contribution is 5.64. The van der Waals surface area contributed by atoms with E-state index in [0.29, 0.717) is 24.8 Å². The van der Waals surface area contributed by atoms with Gasteiger partial charge in [0, 0.05) is 37.4 Å². The highest BCUT2D eigenvalue weighted by Crippen LogP contribution is 2.27. The molecule has 0 bridgehead atoms. The van der Waals surface area contributed by atoms with Crippen molar-refractivity contribution >= 4 is 6.21 Å². The molecule has 1 fully saturated rings. The van der Waals surface area contributed by atoms with Gasteiger partial charge < -0.3 is 15.5 Å². The molecule has 2 aliphatic heterocycles. The lowest BCUT2D eigenvalue weighted by Gasteiger charge is -2.33. The third-order valence-corrected chi connectivity index (χ3v) is 3.48. The van der Waals surface area contributed by atoms with Crippen LogP contribution in [0.4, 0.5) is 0 Å². The maximum absolute atomic E-state index is 9.91. The van der Waals surface area contributed by atoms with Crippen molar-refractivity contribution < 1.29 is 10.2 Å². The van der Waals surface area contributed by atoms with Gasteiger partial charge in [-0.15, -0.1) is 0 Å². The minimum Gasteiger partial charge on any atom is -0.396 e. The van der Waals surface area contributed by atoms with Crippen LogP contribution in [0, 0.1) is 11.8 Å². The average Bonchev–Trinajstić information content (AvgIpc) is 2.31. The number of allylic oxidation sites excluding steroid dienone is 1. The molecule has 0 aromatic carbocycles. The molecule has 0 spiro atoms. The fourth-order valence-corrected chi connectivity index (χ4v) is 2.51. The second-order valence-electron chi connectivity index (χ2n) is 4.57. The van der Waals surface area contributed by atoms with Crippen LogP contribution in [0.2, 0.25) is 0 Å². The first-order chi connectivity index (χ1) is 7.81. The molecule has 0 saturated carbocycles. The summed E-state index contributed by atoms with van der Waals surface area (Å²) >= 11 is 0. The molecule has 2 aliphatic rings. The fraction of sp³-hybridized carbons (Fsp3) is 0.750. The van der Waals surface area contributed by atoms with E-state index in [0.717, 1.165) is 25.1 Å². The molecule has 0 aliphatic carbocycles. The van der Waals surface area contributed by atoms with Crippen LogP contribution in [0.15, 0.2) is 16.8 Å². The van der Waals surface area contributed by atoms with E-state index in [1.807, 2.05) is 6.21 Å². The predicted molar refractivity (Wildman–Crippen MR) is 63.4 cm³/mol. The first-order valence-corrected chi connectivity index (χ1v) is 6.04. The van der Waals surface area contributed by atoms with Crippen LogP contribution in [-0.2, 0) is 0 Å². The molecule has 4 heteroatoms. The normalized spacial score (nSPS) is 34.9. The summed E-state index contributed by atoms with van der Waals surface area (Å²) < 4.78 is 0. The minimum atomic E-state index is -0.252. The van der Waals surface area contributed by atoms with E-state index < -0.39 is 0 Å². The molecule has 3 unspecified atom stereocenters. The van der Waals surface area contributed by atoms with Gasteiger partial charge in [-0.1, -0.05) is 6.08 Å². The summed E-state index contributed by atoms with van der Waals surface area (Å²) in [5.74, 6) is 0.691. The molecule has 2 heterocycles. The summed E-state index contributed by atoms with van der Waals surface area (Å²) in [6.45, 7) is 1.84. The van der Waals surface area contributed by atoms with Crippen LogP contribution in [0.5, 0.6) is 0 Å². The zero-order valence-corrected chi connectivity index (χ0v) is 9.47. The van der Waals surface area contributed by atoms with Crippen LogP contribution in [0.3, 0.4) is 0 Å². The van der Waals surface area contributed by atoms with E-state index in [9.17, 15) is 5.11 Å². The second kappa shape index (κ2) is 5.57. The van der Waals surface area contributed by atoms with Crippen molar-refractivity contribution in [3.8, 4) is 0 Å². The van der Waals surface area contributed by atoms with Crippen molar-refractivity contribution in [2.45, 2.75) is 25.4 Å². The third kappa shape index (κ3) is 2.70. The quantitative estimate of drug-likeness (QED) is 0.646. The molecular weight excluding hydrogens is 204 g/mol. The Kier molecular flexibility index (Phi) is 4.09. The number of hydrogen-bond donors (Lipinski definition) is 3. The first kappa shape index (κ1) is 11.8. The van der Waals surface area contributed by atoms with Gasteiger partial charge in [-0.3, -0.25) is 4.99 Å². The zero-order chi connectivity index (χ0) is 11.4. The fourth-order valence-electron chi connectivity index (χ4n) is 2.51. The smallest absolute Gasteiger partial charge is 0.0699 e. The molecule has 0 radical (unpaired) electrons. The number of β-amino-alcohol motifs (C(OH)–C–C–N with tert-alkyl or cyclic N) is 1. The second-order valence-corrected chi connectivity index (χ2v) is 4.57. The summed E-state index contributed by atoms with van der Waals surface area (Å²) in [5.41, 5.74) is 0.974. The molecule has 16 heavy (non-hydrogen) atoms. The Morgan fingerprint density at radius 1 is 1.50 bits per heavy atom.